The molecule has 3 rings (SSSR count). The van der Waals surface area contributed by atoms with Gasteiger partial charge in [-0.3, -0.25) is 4.79 Å². The van der Waals surface area contributed by atoms with Crippen LogP contribution in [0.25, 0.3) is 0 Å². The van der Waals surface area contributed by atoms with Gasteiger partial charge in [0.05, 0.1) is 6.54 Å². The van der Waals surface area contributed by atoms with Crippen molar-refractivity contribution < 1.29 is 4.79 Å². The lowest BCUT2D eigenvalue weighted by atomic mass is 10.1. The van der Waals surface area contributed by atoms with Gasteiger partial charge in [-0.2, -0.15) is 4.90 Å². The molecule has 0 radical (unpaired) electrons. The van der Waals surface area contributed by atoms with Gasteiger partial charge >= 0.3 is 0 Å². The molecule has 0 unspecified atom stereocenters. The summed E-state index contributed by atoms with van der Waals surface area (Å²) in [5.41, 5.74) is 2.57. The summed E-state index contributed by atoms with van der Waals surface area (Å²) in [5.74, 6) is 0.0358. The van der Waals surface area contributed by atoms with Crippen LogP contribution in [0, 0.1) is 6.20 Å². The normalized spacial score (nSPS) is 13.0. The second-order valence-corrected chi connectivity index (χ2v) is 4.67. The molecule has 0 spiro atoms. The Kier molecular flexibility index (Phi) is 3.40. The molecule has 0 N–H and O–H groups in total. The summed E-state index contributed by atoms with van der Waals surface area (Å²) in [4.78, 5) is 14.2. The van der Waals surface area contributed by atoms with Crippen LogP contribution in [0.1, 0.15) is 15.9 Å². The quantitative estimate of drug-likeness (QED) is 0.618. The number of rotatable bonds is 4. The van der Waals surface area contributed by atoms with E-state index in [4.69, 9.17) is 0 Å². The monoisotopic (exact) mass is 260 g/mol. The second-order valence-electron chi connectivity index (χ2n) is 4.67. The van der Waals surface area contributed by atoms with Crippen molar-refractivity contribution in [1.82, 2.24) is 4.90 Å². The van der Waals surface area contributed by atoms with Gasteiger partial charge in [0.15, 0.2) is 11.8 Å². The third kappa shape index (κ3) is 2.66. The zero-order valence-corrected chi connectivity index (χ0v) is 11.0. The SMILES string of the molecule is O=C(C1=CN(Cc2ccccc2)[C+]=C1)c1ccccc1. The van der Waals surface area contributed by atoms with Crippen molar-refractivity contribution in [1.29, 1.82) is 0 Å². The molecule has 96 valence electrons. The lowest BCUT2D eigenvalue weighted by Crippen LogP contribution is -2.08. The van der Waals surface area contributed by atoms with Crippen LogP contribution in [0.2, 0.25) is 0 Å². The van der Waals surface area contributed by atoms with Gasteiger partial charge in [0.25, 0.3) is 5.78 Å². The Labute approximate surface area is 118 Å². The molecule has 0 fully saturated rings. The Morgan fingerprint density at radius 3 is 2.30 bits per heavy atom. The zero-order valence-electron chi connectivity index (χ0n) is 11.0. The summed E-state index contributed by atoms with van der Waals surface area (Å²) in [6.45, 7) is 0.725. The van der Waals surface area contributed by atoms with E-state index in [-0.39, 0.29) is 5.78 Å². The van der Waals surface area contributed by atoms with Crippen LogP contribution in [0.3, 0.4) is 0 Å². The van der Waals surface area contributed by atoms with Gasteiger partial charge in [-0.05, 0) is 17.7 Å². The number of allylic oxidation sites excluding steroid dienone is 2. The predicted molar refractivity (Wildman–Crippen MR) is 78.7 cm³/mol. The molecule has 1 aliphatic heterocycles. The summed E-state index contributed by atoms with van der Waals surface area (Å²) in [6.07, 6.45) is 6.70. The van der Waals surface area contributed by atoms with Crippen LogP contribution >= 0.6 is 0 Å². The van der Waals surface area contributed by atoms with E-state index in [1.807, 2.05) is 59.6 Å². The summed E-state index contributed by atoms with van der Waals surface area (Å²) in [7, 11) is 0. The van der Waals surface area contributed by atoms with Crippen molar-refractivity contribution in [2.45, 2.75) is 6.54 Å². The van der Waals surface area contributed by atoms with E-state index in [0.717, 1.165) is 6.54 Å². The zero-order chi connectivity index (χ0) is 13.8. The highest BCUT2D eigenvalue weighted by atomic mass is 16.1. The van der Waals surface area contributed by atoms with Gasteiger partial charge in [0, 0.05) is 5.56 Å². The number of Topliss-reactive ketones (excluding diaryl/α,β-unsaturated/α-hetero) is 1. The summed E-state index contributed by atoms with van der Waals surface area (Å²) in [6, 6.07) is 19.4. The molecule has 2 heteroatoms. The number of ketones is 1. The number of hydrogen-bond acceptors (Lipinski definition) is 2. The molecule has 0 atom stereocenters. The average Bonchev–Trinajstić information content (AvgIpc) is 2.97. The van der Waals surface area contributed by atoms with Gasteiger partial charge in [-0.1, -0.05) is 48.5 Å². The highest BCUT2D eigenvalue weighted by Crippen LogP contribution is 2.17. The van der Waals surface area contributed by atoms with Gasteiger partial charge in [-0.15, -0.1) is 0 Å². The summed E-state index contributed by atoms with van der Waals surface area (Å²) >= 11 is 0. The van der Waals surface area contributed by atoms with E-state index < -0.39 is 0 Å². The van der Waals surface area contributed by atoms with Crippen molar-refractivity contribution in [2.24, 2.45) is 0 Å². The smallest absolute Gasteiger partial charge is 0.262 e. The number of carbonyl (C=O) groups excluding carboxylic acids is 1. The second kappa shape index (κ2) is 5.52. The van der Waals surface area contributed by atoms with Crippen LogP contribution in [-0.2, 0) is 6.54 Å². The minimum atomic E-state index is 0.0358. The van der Waals surface area contributed by atoms with Crippen LogP contribution in [0.4, 0.5) is 0 Å². The van der Waals surface area contributed by atoms with Crippen molar-refractivity contribution in [3.05, 3.63) is 95.8 Å². The number of hydrogen-bond donors (Lipinski definition) is 0. The first-order chi connectivity index (χ1) is 9.83. The highest BCUT2D eigenvalue weighted by molar-refractivity contribution is 6.10. The Morgan fingerprint density at radius 1 is 0.950 bits per heavy atom. The Morgan fingerprint density at radius 2 is 1.60 bits per heavy atom. The minimum Gasteiger partial charge on any atom is -0.271 e. The van der Waals surface area contributed by atoms with Crippen LogP contribution in [-0.4, -0.2) is 10.7 Å². The van der Waals surface area contributed by atoms with E-state index in [9.17, 15) is 4.79 Å². The van der Waals surface area contributed by atoms with Gasteiger partial charge in [0.2, 0.25) is 0 Å². The maximum absolute atomic E-state index is 12.3. The van der Waals surface area contributed by atoms with Crippen molar-refractivity contribution in [2.75, 3.05) is 0 Å². The lowest BCUT2D eigenvalue weighted by molar-refractivity contribution is 0.103. The summed E-state index contributed by atoms with van der Waals surface area (Å²) in [5, 5.41) is 0. The lowest BCUT2D eigenvalue weighted by Gasteiger charge is -2.03. The first-order valence-corrected chi connectivity index (χ1v) is 6.54. The van der Waals surface area contributed by atoms with Crippen LogP contribution < -0.4 is 0 Å². The molecule has 0 saturated heterocycles. The number of benzene rings is 2. The van der Waals surface area contributed by atoms with Crippen molar-refractivity contribution in [3.8, 4) is 0 Å². The molecule has 0 amide bonds. The molecular formula is C18H14NO+. The maximum atomic E-state index is 12.3. The van der Waals surface area contributed by atoms with Gasteiger partial charge in [-0.25, -0.2) is 0 Å². The first kappa shape index (κ1) is 12.3. The minimum absolute atomic E-state index is 0.0358. The topological polar surface area (TPSA) is 20.3 Å². The van der Waals surface area contributed by atoms with E-state index in [1.165, 1.54) is 5.56 Å². The molecule has 2 aromatic carbocycles. The van der Waals surface area contributed by atoms with E-state index >= 15 is 0 Å². The first-order valence-electron chi connectivity index (χ1n) is 6.54. The number of nitrogens with zero attached hydrogens (tertiary/aromatic N) is 1. The largest absolute Gasteiger partial charge is 0.271 e. The molecule has 2 aromatic rings. The summed E-state index contributed by atoms with van der Waals surface area (Å²) < 4.78 is 0. The Bertz CT molecular complexity index is 656. The molecule has 0 bridgehead atoms. The third-order valence-electron chi connectivity index (χ3n) is 3.17. The molecule has 0 aliphatic carbocycles. The molecule has 20 heavy (non-hydrogen) atoms. The molecule has 0 aromatic heterocycles. The fraction of sp³-hybridized carbons (Fsp3) is 0.0556. The molecule has 1 heterocycles. The highest BCUT2D eigenvalue weighted by Gasteiger charge is 2.25. The maximum Gasteiger partial charge on any atom is 0.262 e. The van der Waals surface area contributed by atoms with Gasteiger partial charge < -0.3 is 0 Å². The molecule has 1 aliphatic rings. The standard InChI is InChI=1S/C18H14NO/c20-18(16-9-5-2-6-10-16)17-11-12-19(14-17)13-15-7-3-1-4-8-15/h1-11,14H,13H2/q+1. The Balaban J connectivity index is 1.73. The van der Waals surface area contributed by atoms with Crippen LogP contribution in [0.15, 0.2) is 78.5 Å². The van der Waals surface area contributed by atoms with E-state index in [1.54, 1.807) is 6.08 Å². The van der Waals surface area contributed by atoms with Crippen molar-refractivity contribution in [3.63, 3.8) is 0 Å². The van der Waals surface area contributed by atoms with Crippen LogP contribution in [0.5, 0.6) is 0 Å². The fourth-order valence-corrected chi connectivity index (χ4v) is 2.15. The fourth-order valence-electron chi connectivity index (χ4n) is 2.15. The van der Waals surface area contributed by atoms with E-state index in [2.05, 4.69) is 18.3 Å². The Hall–Kier alpha value is -2.70. The molecular weight excluding hydrogens is 246 g/mol. The van der Waals surface area contributed by atoms with Gasteiger partial charge in [0.1, 0.15) is 12.3 Å². The van der Waals surface area contributed by atoms with Crippen molar-refractivity contribution >= 4 is 5.78 Å². The predicted octanol–water partition coefficient (Wildman–Crippen LogP) is 3.59. The molecule has 2 nitrogen and oxygen atoms in total. The number of carbonyl (C=O) groups is 1. The third-order valence-corrected chi connectivity index (χ3v) is 3.17. The average molecular weight is 260 g/mol. The molecule has 0 saturated carbocycles. The van der Waals surface area contributed by atoms with E-state index in [0.29, 0.717) is 11.1 Å².